The topological polar surface area (TPSA) is 70.2 Å². The van der Waals surface area contributed by atoms with Crippen molar-refractivity contribution in [3.63, 3.8) is 0 Å². The first-order chi connectivity index (χ1) is 10.6. The van der Waals surface area contributed by atoms with E-state index in [1.165, 1.54) is 25.0 Å². The van der Waals surface area contributed by atoms with Crippen molar-refractivity contribution in [2.75, 3.05) is 6.54 Å². The number of nitrogens with one attached hydrogen (secondary N) is 3. The molecule has 0 spiro atoms. The van der Waals surface area contributed by atoms with Crippen LogP contribution in [0.15, 0.2) is 24.3 Å². The van der Waals surface area contributed by atoms with E-state index in [2.05, 4.69) is 16.0 Å². The molecule has 0 aromatic heterocycles. The maximum Gasteiger partial charge on any atom is 0.315 e. The van der Waals surface area contributed by atoms with Gasteiger partial charge in [0, 0.05) is 25.6 Å². The van der Waals surface area contributed by atoms with Gasteiger partial charge < -0.3 is 16.0 Å². The lowest BCUT2D eigenvalue weighted by Crippen LogP contribution is -2.39. The van der Waals surface area contributed by atoms with E-state index >= 15 is 0 Å². The van der Waals surface area contributed by atoms with Crippen LogP contribution in [0.1, 0.15) is 37.7 Å². The molecule has 0 atom stereocenters. The molecule has 0 radical (unpaired) electrons. The summed E-state index contributed by atoms with van der Waals surface area (Å²) in [5, 5.41) is 8.27. The highest BCUT2D eigenvalue weighted by molar-refractivity contribution is 5.78. The summed E-state index contributed by atoms with van der Waals surface area (Å²) in [6.07, 6.45) is 4.74. The Morgan fingerprint density at radius 1 is 1.09 bits per heavy atom. The van der Waals surface area contributed by atoms with Crippen molar-refractivity contribution >= 4 is 11.9 Å². The summed E-state index contributed by atoms with van der Waals surface area (Å²) in [6.45, 7) is 0.619. The fourth-order valence-corrected chi connectivity index (χ4v) is 2.51. The molecule has 1 aromatic rings. The molecule has 1 fully saturated rings. The first-order valence-corrected chi connectivity index (χ1v) is 7.69. The lowest BCUT2D eigenvalue weighted by Gasteiger charge is -2.12. The van der Waals surface area contributed by atoms with Crippen LogP contribution in [0, 0.1) is 5.82 Å². The predicted molar refractivity (Wildman–Crippen MR) is 81.7 cm³/mol. The standard InChI is InChI=1S/C16H22FN3O2/c17-13-7-5-12(6-8-13)11-19-16(22)18-10-9-15(21)20-14-3-1-2-4-14/h5-8,14H,1-4,9-11H2,(H,20,21)(H2,18,19,22). The largest absolute Gasteiger partial charge is 0.353 e. The molecular formula is C16H22FN3O2. The van der Waals surface area contributed by atoms with Crippen LogP contribution >= 0.6 is 0 Å². The molecule has 0 heterocycles. The van der Waals surface area contributed by atoms with E-state index in [4.69, 9.17) is 0 Å². The van der Waals surface area contributed by atoms with Gasteiger partial charge in [-0.3, -0.25) is 4.79 Å². The number of amides is 3. The van der Waals surface area contributed by atoms with Crippen molar-refractivity contribution in [1.29, 1.82) is 0 Å². The van der Waals surface area contributed by atoms with E-state index in [0.717, 1.165) is 18.4 Å². The molecule has 3 amide bonds. The van der Waals surface area contributed by atoms with E-state index in [1.54, 1.807) is 12.1 Å². The molecule has 22 heavy (non-hydrogen) atoms. The van der Waals surface area contributed by atoms with Gasteiger partial charge in [0.15, 0.2) is 0 Å². The van der Waals surface area contributed by atoms with Gasteiger partial charge in [0.25, 0.3) is 0 Å². The van der Waals surface area contributed by atoms with Gasteiger partial charge in [-0.1, -0.05) is 25.0 Å². The summed E-state index contributed by atoms with van der Waals surface area (Å²) in [5.41, 5.74) is 0.815. The van der Waals surface area contributed by atoms with Crippen molar-refractivity contribution in [2.45, 2.75) is 44.7 Å². The summed E-state index contributed by atoms with van der Waals surface area (Å²) in [6, 6.07) is 5.90. The number of hydrogen-bond acceptors (Lipinski definition) is 2. The molecule has 5 nitrogen and oxygen atoms in total. The van der Waals surface area contributed by atoms with Crippen LogP contribution in [0.25, 0.3) is 0 Å². The highest BCUT2D eigenvalue weighted by Gasteiger charge is 2.16. The second-order valence-electron chi connectivity index (χ2n) is 5.53. The molecule has 1 aliphatic carbocycles. The lowest BCUT2D eigenvalue weighted by molar-refractivity contribution is -0.121. The van der Waals surface area contributed by atoms with Crippen molar-refractivity contribution in [2.24, 2.45) is 0 Å². The molecule has 0 unspecified atom stereocenters. The molecule has 0 aliphatic heterocycles. The Labute approximate surface area is 129 Å². The highest BCUT2D eigenvalue weighted by atomic mass is 19.1. The number of halogens is 1. The summed E-state index contributed by atoms with van der Waals surface area (Å²) in [7, 11) is 0. The zero-order chi connectivity index (χ0) is 15.8. The fraction of sp³-hybridized carbons (Fsp3) is 0.500. The number of urea groups is 1. The van der Waals surface area contributed by atoms with Crippen molar-refractivity contribution in [3.05, 3.63) is 35.6 Å². The summed E-state index contributed by atoms with van der Waals surface area (Å²) >= 11 is 0. The van der Waals surface area contributed by atoms with E-state index in [9.17, 15) is 14.0 Å². The quantitative estimate of drug-likeness (QED) is 0.753. The molecule has 120 valence electrons. The van der Waals surface area contributed by atoms with Crippen LogP contribution in [0.5, 0.6) is 0 Å². The van der Waals surface area contributed by atoms with Crippen LogP contribution in [0.2, 0.25) is 0 Å². The summed E-state index contributed by atoms with van der Waals surface area (Å²) in [4.78, 5) is 23.3. The zero-order valence-electron chi connectivity index (χ0n) is 12.5. The SMILES string of the molecule is O=C(CCNC(=O)NCc1ccc(F)cc1)NC1CCCC1. The van der Waals surface area contributed by atoms with E-state index in [-0.39, 0.29) is 24.2 Å². The minimum atomic E-state index is -0.335. The van der Waals surface area contributed by atoms with Crippen LogP contribution in [0.3, 0.4) is 0 Å². The third-order valence-electron chi connectivity index (χ3n) is 3.72. The minimum absolute atomic E-state index is 0.0225. The van der Waals surface area contributed by atoms with Crippen LogP contribution in [-0.2, 0) is 11.3 Å². The van der Waals surface area contributed by atoms with Crippen LogP contribution < -0.4 is 16.0 Å². The van der Waals surface area contributed by atoms with Gasteiger partial charge in [0.2, 0.25) is 5.91 Å². The number of benzene rings is 1. The first kappa shape index (κ1) is 16.3. The maximum absolute atomic E-state index is 12.7. The number of carbonyl (C=O) groups excluding carboxylic acids is 2. The zero-order valence-corrected chi connectivity index (χ0v) is 12.5. The van der Waals surface area contributed by atoms with Crippen LogP contribution in [0.4, 0.5) is 9.18 Å². The van der Waals surface area contributed by atoms with Crippen molar-refractivity contribution < 1.29 is 14.0 Å². The maximum atomic E-state index is 12.7. The van der Waals surface area contributed by atoms with Crippen molar-refractivity contribution in [3.8, 4) is 0 Å². The molecule has 0 bridgehead atoms. The molecule has 2 rings (SSSR count). The molecule has 1 aromatic carbocycles. The molecule has 0 saturated heterocycles. The summed E-state index contributed by atoms with van der Waals surface area (Å²) < 4.78 is 12.7. The number of rotatable bonds is 6. The second kappa shape index (κ2) is 8.36. The van der Waals surface area contributed by atoms with Crippen molar-refractivity contribution in [1.82, 2.24) is 16.0 Å². The normalized spacial score (nSPS) is 14.6. The minimum Gasteiger partial charge on any atom is -0.353 e. The average Bonchev–Trinajstić information content (AvgIpc) is 2.99. The Morgan fingerprint density at radius 3 is 2.45 bits per heavy atom. The van der Waals surface area contributed by atoms with E-state index in [1.807, 2.05) is 0 Å². The lowest BCUT2D eigenvalue weighted by atomic mass is 10.2. The van der Waals surface area contributed by atoms with Gasteiger partial charge in [-0.15, -0.1) is 0 Å². The smallest absolute Gasteiger partial charge is 0.315 e. The van der Waals surface area contributed by atoms with Gasteiger partial charge in [-0.2, -0.15) is 0 Å². The average molecular weight is 307 g/mol. The predicted octanol–water partition coefficient (Wildman–Crippen LogP) is 2.07. The fourth-order valence-electron chi connectivity index (χ4n) is 2.51. The summed E-state index contributed by atoms with van der Waals surface area (Å²) in [5.74, 6) is -0.327. The molecule has 1 saturated carbocycles. The number of hydrogen-bond donors (Lipinski definition) is 3. The molecule has 3 N–H and O–H groups in total. The van der Waals surface area contributed by atoms with Gasteiger partial charge in [0.1, 0.15) is 5.82 Å². The first-order valence-electron chi connectivity index (χ1n) is 7.69. The Hall–Kier alpha value is -2.11. The van der Waals surface area contributed by atoms with E-state index < -0.39 is 0 Å². The highest BCUT2D eigenvalue weighted by Crippen LogP contribution is 2.17. The Balaban J connectivity index is 1.57. The molecule has 6 heteroatoms. The van der Waals surface area contributed by atoms with Crippen LogP contribution in [-0.4, -0.2) is 24.5 Å². The Morgan fingerprint density at radius 2 is 1.77 bits per heavy atom. The monoisotopic (exact) mass is 307 g/mol. The third kappa shape index (κ3) is 5.71. The Kier molecular flexibility index (Phi) is 6.18. The second-order valence-corrected chi connectivity index (χ2v) is 5.53. The number of carbonyl (C=O) groups is 2. The van der Waals surface area contributed by atoms with Gasteiger partial charge in [-0.25, -0.2) is 9.18 Å². The van der Waals surface area contributed by atoms with Gasteiger partial charge in [-0.05, 0) is 30.5 Å². The third-order valence-corrected chi connectivity index (χ3v) is 3.72. The van der Waals surface area contributed by atoms with Gasteiger partial charge >= 0.3 is 6.03 Å². The molecular weight excluding hydrogens is 285 g/mol. The van der Waals surface area contributed by atoms with Gasteiger partial charge in [0.05, 0.1) is 0 Å². The van der Waals surface area contributed by atoms with E-state index in [0.29, 0.717) is 19.1 Å². The Bertz CT molecular complexity index is 499. The molecule has 1 aliphatic rings.